The average molecular weight is 244 g/mol. The molecule has 4 nitrogen and oxygen atoms in total. The van der Waals surface area contributed by atoms with Crippen LogP contribution in [-0.4, -0.2) is 15.1 Å². The van der Waals surface area contributed by atoms with Crippen molar-refractivity contribution in [1.29, 1.82) is 0 Å². The molecule has 0 radical (unpaired) electrons. The van der Waals surface area contributed by atoms with E-state index in [0.29, 0.717) is 11.4 Å². The summed E-state index contributed by atoms with van der Waals surface area (Å²) in [5, 5.41) is 9.03. The summed E-state index contributed by atoms with van der Waals surface area (Å²) in [5.74, 6) is 1.41. The van der Waals surface area contributed by atoms with Crippen LogP contribution in [0.15, 0.2) is 30.5 Å². The highest BCUT2D eigenvalue weighted by molar-refractivity contribution is 5.35. The van der Waals surface area contributed by atoms with Crippen molar-refractivity contribution in [3.8, 4) is 11.5 Å². The summed E-state index contributed by atoms with van der Waals surface area (Å²) in [6, 6.07) is 7.32. The summed E-state index contributed by atoms with van der Waals surface area (Å²) in [7, 11) is 0. The molecule has 0 saturated heterocycles. The molecule has 0 atom stereocenters. The lowest BCUT2D eigenvalue weighted by Gasteiger charge is -2.10. The van der Waals surface area contributed by atoms with Crippen molar-refractivity contribution in [1.82, 2.24) is 9.97 Å². The first-order valence-corrected chi connectivity index (χ1v) is 5.93. The number of ether oxygens (including phenoxy) is 1. The second-order valence-corrected chi connectivity index (χ2v) is 3.99. The number of rotatable bonds is 4. The molecule has 2 heterocycles. The normalized spacial score (nSPS) is 10.4. The van der Waals surface area contributed by atoms with Crippen LogP contribution >= 0.6 is 0 Å². The first-order chi connectivity index (χ1) is 8.72. The summed E-state index contributed by atoms with van der Waals surface area (Å²) in [5.41, 5.74) is 2.49. The molecule has 0 aliphatic carbocycles. The first-order valence-electron chi connectivity index (χ1n) is 5.93. The van der Waals surface area contributed by atoms with E-state index in [2.05, 4.69) is 9.97 Å². The molecule has 0 spiro atoms. The van der Waals surface area contributed by atoms with Crippen LogP contribution in [0.1, 0.15) is 24.0 Å². The van der Waals surface area contributed by atoms with E-state index in [0.717, 1.165) is 23.6 Å². The molecule has 0 aliphatic rings. The third-order valence-electron chi connectivity index (χ3n) is 2.58. The standard InChI is InChI=1S/C14H16N2O2/c1-3-13-14(5-4-10(2)16-13)18-12-6-7-15-11(8-12)9-17/h4-8,17H,3,9H2,1-2H3. The lowest BCUT2D eigenvalue weighted by atomic mass is 10.2. The third-order valence-corrected chi connectivity index (χ3v) is 2.58. The lowest BCUT2D eigenvalue weighted by molar-refractivity contribution is 0.276. The predicted molar refractivity (Wildman–Crippen MR) is 68.6 cm³/mol. The van der Waals surface area contributed by atoms with Crippen LogP contribution in [0.5, 0.6) is 11.5 Å². The molecule has 18 heavy (non-hydrogen) atoms. The summed E-state index contributed by atoms with van der Waals surface area (Å²) >= 11 is 0. The van der Waals surface area contributed by atoms with Crippen molar-refractivity contribution in [2.75, 3.05) is 0 Å². The molecule has 1 N–H and O–H groups in total. The second-order valence-electron chi connectivity index (χ2n) is 3.99. The van der Waals surface area contributed by atoms with Crippen molar-refractivity contribution in [2.45, 2.75) is 26.9 Å². The molecule has 0 saturated carbocycles. The summed E-state index contributed by atoms with van der Waals surface area (Å²) < 4.78 is 5.78. The monoisotopic (exact) mass is 244 g/mol. The number of hydrogen-bond donors (Lipinski definition) is 1. The number of aliphatic hydroxyl groups is 1. The van der Waals surface area contributed by atoms with E-state index < -0.39 is 0 Å². The van der Waals surface area contributed by atoms with Crippen molar-refractivity contribution in [3.63, 3.8) is 0 Å². The molecule has 0 aromatic carbocycles. The second kappa shape index (κ2) is 5.60. The van der Waals surface area contributed by atoms with Gasteiger partial charge in [0, 0.05) is 18.0 Å². The number of nitrogens with zero attached hydrogens (tertiary/aromatic N) is 2. The fourth-order valence-corrected chi connectivity index (χ4v) is 1.68. The van der Waals surface area contributed by atoms with E-state index in [1.807, 2.05) is 26.0 Å². The van der Waals surface area contributed by atoms with Gasteiger partial charge in [0.25, 0.3) is 0 Å². The molecule has 94 valence electrons. The Labute approximate surface area is 106 Å². The smallest absolute Gasteiger partial charge is 0.148 e. The van der Waals surface area contributed by atoms with Gasteiger partial charge in [-0.1, -0.05) is 6.92 Å². The van der Waals surface area contributed by atoms with Gasteiger partial charge in [-0.05, 0) is 31.5 Å². The number of hydrogen-bond acceptors (Lipinski definition) is 4. The minimum atomic E-state index is -0.0933. The lowest BCUT2D eigenvalue weighted by Crippen LogP contribution is -1.96. The van der Waals surface area contributed by atoms with E-state index in [9.17, 15) is 0 Å². The van der Waals surface area contributed by atoms with Gasteiger partial charge in [-0.25, -0.2) is 0 Å². The Balaban J connectivity index is 2.27. The van der Waals surface area contributed by atoms with Crippen LogP contribution in [0.2, 0.25) is 0 Å². The third kappa shape index (κ3) is 2.84. The minimum Gasteiger partial charge on any atom is -0.455 e. The van der Waals surface area contributed by atoms with Gasteiger partial charge in [-0.2, -0.15) is 0 Å². The summed E-state index contributed by atoms with van der Waals surface area (Å²) in [4.78, 5) is 8.45. The number of aliphatic hydroxyl groups excluding tert-OH is 1. The van der Waals surface area contributed by atoms with Crippen LogP contribution in [-0.2, 0) is 13.0 Å². The Morgan fingerprint density at radius 1 is 1.28 bits per heavy atom. The largest absolute Gasteiger partial charge is 0.455 e. The van der Waals surface area contributed by atoms with Gasteiger partial charge in [-0.15, -0.1) is 0 Å². The van der Waals surface area contributed by atoms with Gasteiger partial charge in [0.2, 0.25) is 0 Å². The van der Waals surface area contributed by atoms with Crippen LogP contribution in [0, 0.1) is 6.92 Å². The van der Waals surface area contributed by atoms with Gasteiger partial charge in [0.15, 0.2) is 0 Å². The van der Waals surface area contributed by atoms with Gasteiger partial charge in [0.05, 0.1) is 18.0 Å². The molecule has 0 fully saturated rings. The Hall–Kier alpha value is -1.94. The zero-order chi connectivity index (χ0) is 13.0. The fraction of sp³-hybridized carbons (Fsp3) is 0.286. The zero-order valence-electron chi connectivity index (χ0n) is 10.6. The Morgan fingerprint density at radius 2 is 2.11 bits per heavy atom. The highest BCUT2D eigenvalue weighted by Gasteiger charge is 2.06. The molecular formula is C14H16N2O2. The minimum absolute atomic E-state index is 0.0933. The molecule has 4 heteroatoms. The zero-order valence-corrected chi connectivity index (χ0v) is 10.6. The molecule has 2 aromatic rings. The topological polar surface area (TPSA) is 55.2 Å². The maximum absolute atomic E-state index is 9.03. The molecule has 0 bridgehead atoms. The Morgan fingerprint density at radius 3 is 2.83 bits per heavy atom. The van der Waals surface area contributed by atoms with Crippen LogP contribution in [0.4, 0.5) is 0 Å². The van der Waals surface area contributed by atoms with Gasteiger partial charge < -0.3 is 9.84 Å². The van der Waals surface area contributed by atoms with Crippen LogP contribution < -0.4 is 4.74 Å². The number of aromatic nitrogens is 2. The van der Waals surface area contributed by atoms with E-state index in [1.165, 1.54) is 0 Å². The number of aryl methyl sites for hydroxylation is 2. The fourth-order valence-electron chi connectivity index (χ4n) is 1.68. The van der Waals surface area contributed by atoms with Crippen molar-refractivity contribution >= 4 is 0 Å². The van der Waals surface area contributed by atoms with E-state index in [-0.39, 0.29) is 6.61 Å². The SMILES string of the molecule is CCc1nc(C)ccc1Oc1ccnc(CO)c1. The summed E-state index contributed by atoms with van der Waals surface area (Å²) in [6.07, 6.45) is 2.43. The predicted octanol–water partition coefficient (Wildman–Crippen LogP) is 2.63. The van der Waals surface area contributed by atoms with Crippen molar-refractivity contribution < 1.29 is 9.84 Å². The van der Waals surface area contributed by atoms with E-state index in [4.69, 9.17) is 9.84 Å². The quantitative estimate of drug-likeness (QED) is 0.898. The van der Waals surface area contributed by atoms with Crippen molar-refractivity contribution in [3.05, 3.63) is 47.5 Å². The number of pyridine rings is 2. The highest BCUT2D eigenvalue weighted by Crippen LogP contribution is 2.25. The van der Waals surface area contributed by atoms with Crippen LogP contribution in [0.3, 0.4) is 0 Å². The Bertz CT molecular complexity index is 541. The molecular weight excluding hydrogens is 228 g/mol. The highest BCUT2D eigenvalue weighted by atomic mass is 16.5. The van der Waals surface area contributed by atoms with Crippen molar-refractivity contribution in [2.24, 2.45) is 0 Å². The first kappa shape index (κ1) is 12.5. The molecule has 0 unspecified atom stereocenters. The Kier molecular flexibility index (Phi) is 3.89. The molecule has 0 amide bonds. The van der Waals surface area contributed by atoms with Gasteiger partial charge in [-0.3, -0.25) is 9.97 Å². The van der Waals surface area contributed by atoms with Crippen LogP contribution in [0.25, 0.3) is 0 Å². The maximum Gasteiger partial charge on any atom is 0.148 e. The van der Waals surface area contributed by atoms with E-state index >= 15 is 0 Å². The molecule has 2 rings (SSSR count). The summed E-state index contributed by atoms with van der Waals surface area (Å²) in [6.45, 7) is 3.91. The molecule has 2 aromatic heterocycles. The maximum atomic E-state index is 9.03. The molecule has 0 aliphatic heterocycles. The van der Waals surface area contributed by atoms with E-state index in [1.54, 1.807) is 18.3 Å². The average Bonchev–Trinajstić information content (AvgIpc) is 2.41. The van der Waals surface area contributed by atoms with Gasteiger partial charge >= 0.3 is 0 Å². The van der Waals surface area contributed by atoms with Gasteiger partial charge in [0.1, 0.15) is 11.5 Å².